The molecule has 8 heteroatoms. The van der Waals surface area contributed by atoms with Crippen LogP contribution in [0.1, 0.15) is 18.7 Å². The van der Waals surface area contributed by atoms with Crippen molar-refractivity contribution >= 4 is 11.6 Å². The molecule has 22 heavy (non-hydrogen) atoms. The van der Waals surface area contributed by atoms with E-state index in [1.165, 1.54) is 12.4 Å². The second kappa shape index (κ2) is 6.79. The maximum atomic E-state index is 12.0. The summed E-state index contributed by atoms with van der Waals surface area (Å²) in [6, 6.07) is 2.89. The lowest BCUT2D eigenvalue weighted by Crippen LogP contribution is -2.35. The van der Waals surface area contributed by atoms with E-state index in [0.717, 1.165) is 4.68 Å². The molecule has 2 rings (SSSR count). The first-order valence-electron chi connectivity index (χ1n) is 6.77. The predicted octanol–water partition coefficient (Wildman–Crippen LogP) is -0.0233. The lowest BCUT2D eigenvalue weighted by Gasteiger charge is -2.14. The Morgan fingerprint density at radius 3 is 2.82 bits per heavy atom. The van der Waals surface area contributed by atoms with Crippen molar-refractivity contribution in [3.05, 3.63) is 46.9 Å². The Morgan fingerprint density at radius 1 is 1.45 bits per heavy atom. The average molecular weight is 302 g/mol. The number of carbonyl (C=O) groups excluding carboxylic acids is 1. The topological polar surface area (TPSA) is 93.0 Å². The van der Waals surface area contributed by atoms with E-state index >= 15 is 0 Å². The van der Waals surface area contributed by atoms with Gasteiger partial charge >= 0.3 is 0 Å². The molecule has 0 spiro atoms. The monoisotopic (exact) mass is 302 g/mol. The molecule has 0 fully saturated rings. The van der Waals surface area contributed by atoms with Crippen LogP contribution >= 0.6 is 0 Å². The van der Waals surface area contributed by atoms with Crippen LogP contribution in [-0.2, 0) is 11.3 Å². The molecule has 1 N–H and O–H groups in total. The molecule has 0 aromatic carbocycles. The van der Waals surface area contributed by atoms with E-state index in [2.05, 4.69) is 20.4 Å². The van der Waals surface area contributed by atoms with E-state index in [0.29, 0.717) is 11.4 Å². The molecular weight excluding hydrogens is 284 g/mol. The van der Waals surface area contributed by atoms with E-state index in [9.17, 15) is 9.59 Å². The summed E-state index contributed by atoms with van der Waals surface area (Å²) in [5.41, 5.74) is 1.07. The van der Waals surface area contributed by atoms with Gasteiger partial charge in [0.05, 0.1) is 23.6 Å². The fourth-order valence-electron chi connectivity index (χ4n) is 1.84. The molecule has 1 amide bonds. The highest BCUT2D eigenvalue weighted by atomic mass is 16.2. The lowest BCUT2D eigenvalue weighted by atomic mass is 10.2. The van der Waals surface area contributed by atoms with Crippen LogP contribution in [0.5, 0.6) is 0 Å². The van der Waals surface area contributed by atoms with Crippen molar-refractivity contribution in [2.24, 2.45) is 0 Å². The third-order valence-corrected chi connectivity index (χ3v) is 3.09. The van der Waals surface area contributed by atoms with Gasteiger partial charge in [-0.3, -0.25) is 9.59 Å². The Balaban J connectivity index is 2.02. The zero-order chi connectivity index (χ0) is 16.1. The summed E-state index contributed by atoms with van der Waals surface area (Å²) in [5.74, 6) is -0.307. The van der Waals surface area contributed by atoms with Gasteiger partial charge in [0.15, 0.2) is 0 Å². The van der Waals surface area contributed by atoms with Crippen LogP contribution in [0.4, 0.5) is 5.69 Å². The molecule has 0 unspecified atom stereocenters. The van der Waals surface area contributed by atoms with Gasteiger partial charge in [-0.25, -0.2) is 14.6 Å². The second-order valence-electron chi connectivity index (χ2n) is 5.03. The molecule has 2 aromatic rings. The molecule has 0 aliphatic rings. The minimum Gasteiger partial charge on any atom is -0.376 e. The Labute approximate surface area is 127 Å². The van der Waals surface area contributed by atoms with Crippen molar-refractivity contribution in [3.63, 3.8) is 0 Å². The van der Waals surface area contributed by atoms with Crippen LogP contribution in [0, 0.1) is 0 Å². The molecular formula is C14H18N6O2. The van der Waals surface area contributed by atoms with Gasteiger partial charge in [0.25, 0.3) is 5.56 Å². The molecule has 0 saturated carbocycles. The molecule has 2 aromatic heterocycles. The van der Waals surface area contributed by atoms with Gasteiger partial charge in [-0.15, -0.1) is 0 Å². The summed E-state index contributed by atoms with van der Waals surface area (Å²) in [7, 11) is 3.63. The largest absolute Gasteiger partial charge is 0.376 e. The van der Waals surface area contributed by atoms with Crippen LogP contribution in [0.25, 0.3) is 0 Å². The maximum absolute atomic E-state index is 12.0. The Morgan fingerprint density at radius 2 is 2.23 bits per heavy atom. The minimum atomic E-state index is -0.323. The number of nitrogens with zero attached hydrogens (tertiary/aromatic N) is 5. The van der Waals surface area contributed by atoms with E-state index in [-0.39, 0.29) is 24.1 Å². The number of hydrogen-bond acceptors (Lipinski definition) is 6. The van der Waals surface area contributed by atoms with Gasteiger partial charge in [0, 0.05) is 26.4 Å². The predicted molar refractivity (Wildman–Crippen MR) is 81.4 cm³/mol. The third-order valence-electron chi connectivity index (χ3n) is 3.09. The Hall–Kier alpha value is -2.77. The quantitative estimate of drug-likeness (QED) is 0.834. The fourth-order valence-corrected chi connectivity index (χ4v) is 1.84. The Bertz CT molecular complexity index is 698. The number of hydrogen-bond donors (Lipinski definition) is 1. The van der Waals surface area contributed by atoms with Gasteiger partial charge < -0.3 is 10.2 Å². The molecule has 0 radical (unpaired) electrons. The highest BCUT2D eigenvalue weighted by Crippen LogP contribution is 2.07. The zero-order valence-electron chi connectivity index (χ0n) is 12.7. The summed E-state index contributed by atoms with van der Waals surface area (Å²) < 4.78 is 1.12. The summed E-state index contributed by atoms with van der Waals surface area (Å²) in [5, 5.41) is 6.77. The van der Waals surface area contributed by atoms with Crippen LogP contribution in [0.2, 0.25) is 0 Å². The first-order chi connectivity index (χ1) is 10.5. The van der Waals surface area contributed by atoms with E-state index in [1.807, 2.05) is 21.0 Å². The summed E-state index contributed by atoms with van der Waals surface area (Å²) in [6.07, 6.45) is 4.57. The van der Waals surface area contributed by atoms with Gasteiger partial charge in [-0.05, 0) is 13.0 Å². The van der Waals surface area contributed by atoms with E-state index in [1.54, 1.807) is 23.4 Å². The molecule has 8 nitrogen and oxygen atoms in total. The van der Waals surface area contributed by atoms with E-state index < -0.39 is 0 Å². The van der Waals surface area contributed by atoms with Gasteiger partial charge in [-0.2, -0.15) is 5.10 Å². The number of nitrogens with one attached hydrogen (secondary N) is 1. The SMILES string of the molecule is C[C@@H](NC(=O)Cn1ncc(N(C)C)cc1=O)c1ccncn1. The number of amides is 1. The normalized spacial score (nSPS) is 11.8. The molecule has 1 atom stereocenters. The van der Waals surface area contributed by atoms with Crippen LogP contribution in [-0.4, -0.2) is 39.8 Å². The van der Waals surface area contributed by atoms with Crippen LogP contribution in [0.3, 0.4) is 0 Å². The standard InChI is InChI=1S/C14H18N6O2/c1-10(12-4-5-15-9-16-12)18-13(21)8-20-14(22)6-11(7-17-20)19(2)3/h4-7,9-10H,8H2,1-3H3,(H,18,21)/t10-/m1/s1. The van der Waals surface area contributed by atoms with Gasteiger partial charge in [0.1, 0.15) is 12.9 Å². The lowest BCUT2D eigenvalue weighted by molar-refractivity contribution is -0.122. The van der Waals surface area contributed by atoms with Crippen LogP contribution < -0.4 is 15.8 Å². The number of carbonyl (C=O) groups is 1. The summed E-state index contributed by atoms with van der Waals surface area (Å²) >= 11 is 0. The number of rotatable bonds is 5. The highest BCUT2D eigenvalue weighted by Gasteiger charge is 2.12. The van der Waals surface area contributed by atoms with Crippen molar-refractivity contribution in [3.8, 4) is 0 Å². The van der Waals surface area contributed by atoms with E-state index in [4.69, 9.17) is 0 Å². The van der Waals surface area contributed by atoms with Crippen molar-refractivity contribution in [1.29, 1.82) is 0 Å². The fraction of sp³-hybridized carbons (Fsp3) is 0.357. The molecule has 2 heterocycles. The maximum Gasteiger partial charge on any atom is 0.269 e. The number of anilines is 1. The third kappa shape index (κ3) is 3.87. The Kier molecular flexibility index (Phi) is 4.82. The summed E-state index contributed by atoms with van der Waals surface area (Å²) in [4.78, 5) is 33.6. The minimum absolute atomic E-state index is 0.137. The highest BCUT2D eigenvalue weighted by molar-refractivity contribution is 5.76. The molecule has 0 saturated heterocycles. The van der Waals surface area contributed by atoms with Crippen molar-refractivity contribution < 1.29 is 4.79 Å². The smallest absolute Gasteiger partial charge is 0.269 e. The number of aromatic nitrogens is 4. The van der Waals surface area contributed by atoms with Crippen LogP contribution in [0.15, 0.2) is 35.6 Å². The average Bonchev–Trinajstić information content (AvgIpc) is 2.50. The van der Waals surface area contributed by atoms with Crippen molar-refractivity contribution in [1.82, 2.24) is 25.1 Å². The second-order valence-corrected chi connectivity index (χ2v) is 5.03. The first kappa shape index (κ1) is 15.6. The first-order valence-corrected chi connectivity index (χ1v) is 6.77. The summed E-state index contributed by atoms with van der Waals surface area (Å²) in [6.45, 7) is 1.67. The van der Waals surface area contributed by atoms with Crippen molar-refractivity contribution in [2.75, 3.05) is 19.0 Å². The molecule has 116 valence electrons. The zero-order valence-corrected chi connectivity index (χ0v) is 12.7. The van der Waals surface area contributed by atoms with Gasteiger partial charge in [0.2, 0.25) is 5.91 Å². The molecule has 0 aliphatic carbocycles. The molecule has 0 aliphatic heterocycles. The van der Waals surface area contributed by atoms with Gasteiger partial charge in [-0.1, -0.05) is 0 Å². The van der Waals surface area contributed by atoms with Crippen molar-refractivity contribution in [2.45, 2.75) is 19.5 Å². The molecule has 0 bridgehead atoms.